The molecule has 1 N–H and O–H groups in total. The average Bonchev–Trinajstić information content (AvgIpc) is 2.60. The summed E-state index contributed by atoms with van der Waals surface area (Å²) in [6.45, 7) is 4.20. The van der Waals surface area contributed by atoms with E-state index in [-0.39, 0.29) is 11.9 Å². The van der Waals surface area contributed by atoms with Gasteiger partial charge in [-0.1, -0.05) is 38.1 Å². The first-order valence-electron chi connectivity index (χ1n) is 8.09. The van der Waals surface area contributed by atoms with Crippen molar-refractivity contribution in [1.82, 2.24) is 5.32 Å². The summed E-state index contributed by atoms with van der Waals surface area (Å²) in [5.74, 6) is 1.90. The zero-order chi connectivity index (χ0) is 17.5. The van der Waals surface area contributed by atoms with Crippen molar-refractivity contribution in [2.45, 2.75) is 26.3 Å². The molecule has 0 fully saturated rings. The lowest BCUT2D eigenvalue weighted by atomic mass is 9.95. The van der Waals surface area contributed by atoms with Gasteiger partial charge in [-0.15, -0.1) is 0 Å². The van der Waals surface area contributed by atoms with Gasteiger partial charge in [0.25, 0.3) is 0 Å². The number of methoxy groups -OCH3 is 2. The highest BCUT2D eigenvalue weighted by atomic mass is 16.5. The molecule has 0 saturated carbocycles. The second-order valence-corrected chi connectivity index (χ2v) is 6.09. The third kappa shape index (κ3) is 4.75. The maximum absolute atomic E-state index is 12.4. The van der Waals surface area contributed by atoms with Crippen molar-refractivity contribution in [3.8, 4) is 11.5 Å². The van der Waals surface area contributed by atoms with Crippen molar-refractivity contribution in [3.63, 3.8) is 0 Å². The number of ether oxygens (including phenoxy) is 2. The summed E-state index contributed by atoms with van der Waals surface area (Å²) in [5.41, 5.74) is 2.04. The van der Waals surface area contributed by atoms with E-state index in [1.54, 1.807) is 14.2 Å². The third-order valence-corrected chi connectivity index (χ3v) is 3.98. The fraction of sp³-hybridized carbons (Fsp3) is 0.350. The number of nitrogens with one attached hydrogen (secondary N) is 1. The normalized spacial score (nSPS) is 11.9. The summed E-state index contributed by atoms with van der Waals surface area (Å²) in [5, 5.41) is 3.14. The van der Waals surface area contributed by atoms with E-state index in [9.17, 15) is 4.79 Å². The van der Waals surface area contributed by atoms with Gasteiger partial charge in [0.1, 0.15) is 11.5 Å². The van der Waals surface area contributed by atoms with Crippen LogP contribution in [0.2, 0.25) is 0 Å². The van der Waals surface area contributed by atoms with Gasteiger partial charge in [0.05, 0.1) is 26.7 Å². The number of carbonyl (C=O) groups excluding carboxylic acids is 1. The number of hydrogen-bond acceptors (Lipinski definition) is 3. The van der Waals surface area contributed by atoms with Gasteiger partial charge in [-0.2, -0.15) is 0 Å². The fourth-order valence-electron chi connectivity index (χ4n) is 2.60. The highest BCUT2D eigenvalue weighted by Gasteiger charge is 2.18. The van der Waals surface area contributed by atoms with E-state index < -0.39 is 0 Å². The van der Waals surface area contributed by atoms with Gasteiger partial charge in [0.2, 0.25) is 5.91 Å². The standard InChI is InChI=1S/C20H25NO3/c1-14(2)20(16-7-11-18(24-4)12-8-16)21-19(22)13-15-5-9-17(23-3)10-6-15/h5-12,14,20H,13H2,1-4H3,(H,21,22). The number of amides is 1. The molecule has 24 heavy (non-hydrogen) atoms. The molecule has 4 heteroatoms. The molecule has 0 aliphatic carbocycles. The van der Waals surface area contributed by atoms with Crippen LogP contribution in [-0.2, 0) is 11.2 Å². The van der Waals surface area contributed by atoms with Gasteiger partial charge in [-0.05, 0) is 41.3 Å². The zero-order valence-electron chi connectivity index (χ0n) is 14.7. The van der Waals surface area contributed by atoms with Crippen molar-refractivity contribution in [2.24, 2.45) is 5.92 Å². The molecular weight excluding hydrogens is 302 g/mol. The minimum absolute atomic E-state index is 0.00897. The van der Waals surface area contributed by atoms with Crippen LogP contribution < -0.4 is 14.8 Å². The highest BCUT2D eigenvalue weighted by molar-refractivity contribution is 5.79. The van der Waals surface area contributed by atoms with E-state index in [0.717, 1.165) is 22.6 Å². The molecule has 0 heterocycles. The lowest BCUT2D eigenvalue weighted by Gasteiger charge is -2.23. The smallest absolute Gasteiger partial charge is 0.224 e. The maximum Gasteiger partial charge on any atom is 0.224 e. The van der Waals surface area contributed by atoms with Crippen molar-refractivity contribution >= 4 is 5.91 Å². The van der Waals surface area contributed by atoms with E-state index >= 15 is 0 Å². The van der Waals surface area contributed by atoms with Gasteiger partial charge in [0, 0.05) is 0 Å². The Hall–Kier alpha value is -2.49. The maximum atomic E-state index is 12.4. The van der Waals surface area contributed by atoms with Crippen LogP contribution in [0, 0.1) is 5.92 Å². The van der Waals surface area contributed by atoms with Crippen molar-refractivity contribution in [2.75, 3.05) is 14.2 Å². The Bertz CT molecular complexity index is 648. The number of hydrogen-bond donors (Lipinski definition) is 1. The molecule has 1 amide bonds. The molecule has 4 nitrogen and oxygen atoms in total. The van der Waals surface area contributed by atoms with Crippen LogP contribution in [0.3, 0.4) is 0 Å². The van der Waals surface area contributed by atoms with Crippen LogP contribution in [0.5, 0.6) is 11.5 Å². The van der Waals surface area contributed by atoms with Crippen LogP contribution in [0.4, 0.5) is 0 Å². The molecule has 128 valence electrons. The number of benzene rings is 2. The zero-order valence-corrected chi connectivity index (χ0v) is 14.7. The number of carbonyl (C=O) groups is 1. The molecule has 0 aliphatic rings. The minimum atomic E-state index is -0.0262. The molecule has 0 radical (unpaired) electrons. The van der Waals surface area contributed by atoms with Crippen LogP contribution in [0.25, 0.3) is 0 Å². The predicted octanol–water partition coefficient (Wildman–Crippen LogP) is 3.76. The monoisotopic (exact) mass is 327 g/mol. The molecule has 0 aliphatic heterocycles. The molecule has 0 spiro atoms. The lowest BCUT2D eigenvalue weighted by Crippen LogP contribution is -2.32. The van der Waals surface area contributed by atoms with Gasteiger partial charge >= 0.3 is 0 Å². The molecule has 0 bridgehead atoms. The van der Waals surface area contributed by atoms with E-state index in [2.05, 4.69) is 19.2 Å². The first kappa shape index (κ1) is 17.9. The molecule has 1 atom stereocenters. The Morgan fingerprint density at radius 2 is 1.42 bits per heavy atom. The molecule has 0 aromatic heterocycles. The SMILES string of the molecule is COc1ccc(CC(=O)NC(c2ccc(OC)cc2)C(C)C)cc1. The number of rotatable bonds is 7. The van der Waals surface area contributed by atoms with Crippen LogP contribution in [0.1, 0.15) is 31.0 Å². The van der Waals surface area contributed by atoms with Crippen LogP contribution in [0.15, 0.2) is 48.5 Å². The highest BCUT2D eigenvalue weighted by Crippen LogP contribution is 2.24. The predicted molar refractivity (Wildman–Crippen MR) is 95.4 cm³/mol. The van der Waals surface area contributed by atoms with E-state index in [4.69, 9.17) is 9.47 Å². The van der Waals surface area contributed by atoms with Crippen LogP contribution >= 0.6 is 0 Å². The fourth-order valence-corrected chi connectivity index (χ4v) is 2.60. The van der Waals surface area contributed by atoms with Gasteiger partial charge in [0.15, 0.2) is 0 Å². The second kappa shape index (κ2) is 8.39. The third-order valence-electron chi connectivity index (χ3n) is 3.98. The molecule has 2 aromatic rings. The summed E-state index contributed by atoms with van der Waals surface area (Å²) >= 11 is 0. The summed E-state index contributed by atoms with van der Waals surface area (Å²) in [7, 11) is 3.27. The molecule has 1 unspecified atom stereocenters. The summed E-state index contributed by atoms with van der Waals surface area (Å²) in [6, 6.07) is 15.4. The lowest BCUT2D eigenvalue weighted by molar-refractivity contribution is -0.121. The summed E-state index contributed by atoms with van der Waals surface area (Å²) < 4.78 is 10.3. The minimum Gasteiger partial charge on any atom is -0.497 e. The van der Waals surface area contributed by atoms with Crippen molar-refractivity contribution < 1.29 is 14.3 Å². The Labute approximate surface area is 143 Å². The van der Waals surface area contributed by atoms with Gasteiger partial charge < -0.3 is 14.8 Å². The second-order valence-electron chi connectivity index (χ2n) is 6.09. The Balaban J connectivity index is 2.04. The topological polar surface area (TPSA) is 47.6 Å². The van der Waals surface area contributed by atoms with E-state index in [1.807, 2.05) is 48.5 Å². The Morgan fingerprint density at radius 3 is 1.88 bits per heavy atom. The first-order chi connectivity index (χ1) is 11.5. The van der Waals surface area contributed by atoms with Gasteiger partial charge in [-0.3, -0.25) is 4.79 Å². The largest absolute Gasteiger partial charge is 0.497 e. The summed E-state index contributed by atoms with van der Waals surface area (Å²) in [4.78, 5) is 12.4. The molecule has 0 saturated heterocycles. The Kier molecular flexibility index (Phi) is 6.24. The van der Waals surface area contributed by atoms with Crippen LogP contribution in [-0.4, -0.2) is 20.1 Å². The average molecular weight is 327 g/mol. The summed E-state index contributed by atoms with van der Waals surface area (Å²) in [6.07, 6.45) is 0.351. The molecule has 2 aromatic carbocycles. The van der Waals surface area contributed by atoms with E-state index in [1.165, 1.54) is 0 Å². The molecular formula is C20H25NO3. The first-order valence-corrected chi connectivity index (χ1v) is 8.09. The Morgan fingerprint density at radius 1 is 0.917 bits per heavy atom. The quantitative estimate of drug-likeness (QED) is 0.842. The van der Waals surface area contributed by atoms with Crippen molar-refractivity contribution in [3.05, 3.63) is 59.7 Å². The molecule has 2 rings (SSSR count). The van der Waals surface area contributed by atoms with E-state index in [0.29, 0.717) is 12.3 Å². The van der Waals surface area contributed by atoms with Crippen molar-refractivity contribution in [1.29, 1.82) is 0 Å². The van der Waals surface area contributed by atoms with Gasteiger partial charge in [-0.25, -0.2) is 0 Å².